The Morgan fingerprint density at radius 1 is 1.33 bits per heavy atom. The van der Waals surface area contributed by atoms with E-state index in [1.165, 1.54) is 12.0 Å². The second kappa shape index (κ2) is 9.77. The lowest BCUT2D eigenvalue weighted by Crippen LogP contribution is -2.36. The Kier molecular flexibility index (Phi) is 7.69. The summed E-state index contributed by atoms with van der Waals surface area (Å²) in [6.45, 7) is 4.47. The molecule has 2 atom stereocenters. The molecule has 1 aromatic carbocycles. The second-order valence-electron chi connectivity index (χ2n) is 6.69. The summed E-state index contributed by atoms with van der Waals surface area (Å²) in [5.74, 6) is -0.0783. The summed E-state index contributed by atoms with van der Waals surface area (Å²) < 4.78 is 11.3. The van der Waals surface area contributed by atoms with E-state index >= 15 is 0 Å². The second-order valence-corrected chi connectivity index (χ2v) is 6.69. The van der Waals surface area contributed by atoms with Crippen molar-refractivity contribution in [2.24, 2.45) is 0 Å². The first-order valence-electron chi connectivity index (χ1n) is 8.78. The molecule has 1 heterocycles. The van der Waals surface area contributed by atoms with Gasteiger partial charge in [-0.05, 0) is 51.4 Å². The van der Waals surface area contributed by atoms with Crippen molar-refractivity contribution in [3.05, 3.63) is 35.4 Å². The molecule has 0 saturated carbocycles. The Balaban J connectivity index is 1.77. The Morgan fingerprint density at radius 3 is 2.75 bits per heavy atom. The van der Waals surface area contributed by atoms with Crippen molar-refractivity contribution in [2.45, 2.75) is 51.5 Å². The van der Waals surface area contributed by atoms with Crippen molar-refractivity contribution >= 4 is 5.91 Å². The van der Waals surface area contributed by atoms with E-state index < -0.39 is 6.10 Å². The predicted molar refractivity (Wildman–Crippen MR) is 94.7 cm³/mol. The number of nitrogens with one attached hydrogen (secondary N) is 1. The van der Waals surface area contributed by atoms with Gasteiger partial charge in [0, 0.05) is 19.7 Å². The van der Waals surface area contributed by atoms with Crippen molar-refractivity contribution < 1.29 is 14.3 Å². The van der Waals surface area contributed by atoms with Gasteiger partial charge in [0.1, 0.15) is 6.10 Å². The average molecular weight is 334 g/mol. The van der Waals surface area contributed by atoms with Crippen LogP contribution in [0.4, 0.5) is 0 Å². The molecule has 1 fully saturated rings. The number of carbonyl (C=O) groups excluding carboxylic acids is 1. The third kappa shape index (κ3) is 6.23. The fourth-order valence-corrected chi connectivity index (χ4v) is 2.82. The highest BCUT2D eigenvalue weighted by atomic mass is 16.5. The molecule has 1 aromatic rings. The van der Waals surface area contributed by atoms with E-state index in [1.807, 2.05) is 26.2 Å². The van der Waals surface area contributed by atoms with Gasteiger partial charge in [-0.3, -0.25) is 4.79 Å². The molecule has 2 rings (SSSR count). The predicted octanol–water partition coefficient (Wildman–Crippen LogP) is 2.34. The van der Waals surface area contributed by atoms with Crippen LogP contribution in [0.5, 0.6) is 0 Å². The molecule has 0 unspecified atom stereocenters. The van der Waals surface area contributed by atoms with Crippen molar-refractivity contribution in [3.63, 3.8) is 0 Å². The SMILES string of the molecule is C[C@H](OC[C@H]1CCCCO1)C(=O)NCc1ccccc1CN(C)C. The third-order valence-corrected chi connectivity index (χ3v) is 4.23. The van der Waals surface area contributed by atoms with Gasteiger partial charge in [-0.1, -0.05) is 24.3 Å². The highest BCUT2D eigenvalue weighted by Gasteiger charge is 2.19. The van der Waals surface area contributed by atoms with Crippen LogP contribution >= 0.6 is 0 Å². The number of benzene rings is 1. The fourth-order valence-electron chi connectivity index (χ4n) is 2.82. The number of ether oxygens (including phenoxy) is 2. The number of amides is 1. The summed E-state index contributed by atoms with van der Waals surface area (Å²) in [6.07, 6.45) is 2.99. The Hall–Kier alpha value is -1.43. The van der Waals surface area contributed by atoms with Gasteiger partial charge in [-0.25, -0.2) is 0 Å². The van der Waals surface area contributed by atoms with E-state index in [2.05, 4.69) is 22.3 Å². The summed E-state index contributed by atoms with van der Waals surface area (Å²) in [4.78, 5) is 14.4. The molecule has 1 N–H and O–H groups in total. The minimum Gasteiger partial charge on any atom is -0.376 e. The first kappa shape index (κ1) is 18.9. The van der Waals surface area contributed by atoms with E-state index in [0.29, 0.717) is 13.2 Å². The van der Waals surface area contributed by atoms with E-state index in [9.17, 15) is 4.79 Å². The smallest absolute Gasteiger partial charge is 0.249 e. The molecule has 1 amide bonds. The zero-order chi connectivity index (χ0) is 17.4. The van der Waals surface area contributed by atoms with Crippen LogP contribution in [-0.4, -0.2) is 50.3 Å². The van der Waals surface area contributed by atoms with Crippen molar-refractivity contribution in [1.82, 2.24) is 10.2 Å². The largest absolute Gasteiger partial charge is 0.376 e. The lowest BCUT2D eigenvalue weighted by molar-refractivity contribution is -0.135. The van der Waals surface area contributed by atoms with Crippen molar-refractivity contribution in [3.8, 4) is 0 Å². The Labute approximate surface area is 145 Å². The fraction of sp³-hybridized carbons (Fsp3) is 0.632. The number of nitrogens with zero attached hydrogens (tertiary/aromatic N) is 1. The molecule has 134 valence electrons. The average Bonchev–Trinajstić information content (AvgIpc) is 2.59. The van der Waals surface area contributed by atoms with Gasteiger partial charge in [0.2, 0.25) is 5.91 Å². The van der Waals surface area contributed by atoms with Crippen molar-refractivity contribution in [2.75, 3.05) is 27.3 Å². The standard InChI is InChI=1S/C19H30N2O3/c1-15(24-14-18-10-6-7-11-23-18)19(22)20-12-16-8-4-5-9-17(16)13-21(2)3/h4-5,8-9,15,18H,6-7,10-14H2,1-3H3,(H,20,22)/t15-,18+/m0/s1. The molecule has 1 saturated heterocycles. The molecule has 0 aliphatic carbocycles. The van der Waals surface area contributed by atoms with Crippen LogP contribution in [-0.2, 0) is 27.4 Å². The summed E-state index contributed by atoms with van der Waals surface area (Å²) in [5, 5.41) is 2.98. The maximum absolute atomic E-state index is 12.2. The molecule has 0 spiro atoms. The van der Waals surface area contributed by atoms with E-state index in [0.717, 1.165) is 31.6 Å². The third-order valence-electron chi connectivity index (χ3n) is 4.23. The van der Waals surface area contributed by atoms with E-state index in [4.69, 9.17) is 9.47 Å². The highest BCUT2D eigenvalue weighted by molar-refractivity contribution is 5.80. The number of carbonyl (C=O) groups is 1. The van der Waals surface area contributed by atoms with Crippen LogP contribution in [0.2, 0.25) is 0 Å². The first-order valence-corrected chi connectivity index (χ1v) is 8.78. The molecule has 5 heteroatoms. The topological polar surface area (TPSA) is 50.8 Å². The summed E-state index contributed by atoms with van der Waals surface area (Å²) in [6, 6.07) is 8.18. The molecular formula is C19H30N2O3. The minimum atomic E-state index is -0.462. The normalized spacial score (nSPS) is 19.2. The summed E-state index contributed by atoms with van der Waals surface area (Å²) >= 11 is 0. The van der Waals surface area contributed by atoms with Crippen LogP contribution in [0.3, 0.4) is 0 Å². The number of rotatable bonds is 8. The molecule has 24 heavy (non-hydrogen) atoms. The minimum absolute atomic E-state index is 0.0783. The van der Waals surface area contributed by atoms with Gasteiger partial charge in [0.25, 0.3) is 0 Å². The van der Waals surface area contributed by atoms with Crippen LogP contribution in [0.1, 0.15) is 37.3 Å². The lowest BCUT2D eigenvalue weighted by Gasteiger charge is -2.24. The van der Waals surface area contributed by atoms with Gasteiger partial charge >= 0.3 is 0 Å². The monoisotopic (exact) mass is 334 g/mol. The maximum Gasteiger partial charge on any atom is 0.249 e. The maximum atomic E-state index is 12.2. The zero-order valence-electron chi connectivity index (χ0n) is 15.1. The Bertz CT molecular complexity index is 513. The zero-order valence-corrected chi connectivity index (χ0v) is 15.1. The van der Waals surface area contributed by atoms with Gasteiger partial charge in [-0.15, -0.1) is 0 Å². The van der Waals surface area contributed by atoms with Gasteiger partial charge in [-0.2, -0.15) is 0 Å². The van der Waals surface area contributed by atoms with Crippen molar-refractivity contribution in [1.29, 1.82) is 0 Å². The van der Waals surface area contributed by atoms with Crippen LogP contribution in [0, 0.1) is 0 Å². The number of hydrogen-bond acceptors (Lipinski definition) is 4. The molecule has 0 bridgehead atoms. The van der Waals surface area contributed by atoms with E-state index in [-0.39, 0.29) is 12.0 Å². The van der Waals surface area contributed by atoms with Crippen LogP contribution in [0.25, 0.3) is 0 Å². The molecule has 5 nitrogen and oxygen atoms in total. The summed E-state index contributed by atoms with van der Waals surface area (Å²) in [5.41, 5.74) is 2.37. The molecule has 1 aliphatic rings. The van der Waals surface area contributed by atoms with Gasteiger partial charge < -0.3 is 19.7 Å². The number of hydrogen-bond donors (Lipinski definition) is 1. The quantitative estimate of drug-likeness (QED) is 0.793. The molecule has 1 aliphatic heterocycles. The lowest BCUT2D eigenvalue weighted by atomic mass is 10.1. The molecule has 0 aromatic heterocycles. The van der Waals surface area contributed by atoms with Gasteiger partial charge in [0.15, 0.2) is 0 Å². The Morgan fingerprint density at radius 2 is 2.08 bits per heavy atom. The van der Waals surface area contributed by atoms with Crippen LogP contribution in [0.15, 0.2) is 24.3 Å². The van der Waals surface area contributed by atoms with Crippen LogP contribution < -0.4 is 5.32 Å². The first-order chi connectivity index (χ1) is 11.6. The van der Waals surface area contributed by atoms with E-state index in [1.54, 1.807) is 6.92 Å². The molecular weight excluding hydrogens is 304 g/mol. The molecule has 0 radical (unpaired) electrons. The summed E-state index contributed by atoms with van der Waals surface area (Å²) in [7, 11) is 4.08. The highest BCUT2D eigenvalue weighted by Crippen LogP contribution is 2.14. The van der Waals surface area contributed by atoms with Gasteiger partial charge in [0.05, 0.1) is 12.7 Å².